The highest BCUT2D eigenvalue weighted by Gasteiger charge is 2.53. The minimum Gasteiger partial charge on any atom is -0.369 e. The molecule has 0 aliphatic carbocycles. The first-order valence-corrected chi connectivity index (χ1v) is 9.41. The Hall–Kier alpha value is -2.87. The van der Waals surface area contributed by atoms with Crippen molar-refractivity contribution in [2.75, 3.05) is 18.9 Å². The number of nitrogens with zero attached hydrogens (tertiary/aromatic N) is 3. The average Bonchev–Trinajstić information content (AvgIpc) is 2.67. The van der Waals surface area contributed by atoms with Crippen LogP contribution in [0.3, 0.4) is 0 Å². The second-order valence-electron chi connectivity index (χ2n) is 7.68. The van der Waals surface area contributed by atoms with Gasteiger partial charge in [0.2, 0.25) is 5.91 Å². The van der Waals surface area contributed by atoms with Gasteiger partial charge in [-0.15, -0.1) is 0 Å². The van der Waals surface area contributed by atoms with Crippen LogP contribution in [0.5, 0.6) is 0 Å². The summed E-state index contributed by atoms with van der Waals surface area (Å²) < 4.78 is 14.9. The highest BCUT2D eigenvalue weighted by Crippen LogP contribution is 2.47. The molecule has 2 aliphatic heterocycles. The van der Waals surface area contributed by atoms with Gasteiger partial charge in [0.05, 0.1) is 5.41 Å². The molecule has 29 heavy (non-hydrogen) atoms. The number of hydrogen-bond donors (Lipinski definition) is 2. The fourth-order valence-electron chi connectivity index (χ4n) is 3.41. The summed E-state index contributed by atoms with van der Waals surface area (Å²) in [5.41, 5.74) is 4.08. The van der Waals surface area contributed by atoms with Gasteiger partial charge in [0.25, 0.3) is 0 Å². The first-order valence-electron chi connectivity index (χ1n) is 9.03. The number of carbonyl (C=O) groups is 2. The molecule has 2 aliphatic rings. The van der Waals surface area contributed by atoms with Gasteiger partial charge >= 0.3 is 6.03 Å². The molecule has 1 aromatic carbocycles. The lowest BCUT2D eigenvalue weighted by Gasteiger charge is -2.46. The van der Waals surface area contributed by atoms with E-state index in [4.69, 9.17) is 17.3 Å². The van der Waals surface area contributed by atoms with Crippen LogP contribution < -0.4 is 11.1 Å². The first kappa shape index (κ1) is 20.9. The Morgan fingerprint density at radius 3 is 2.69 bits per heavy atom. The molecule has 0 bridgehead atoms. The van der Waals surface area contributed by atoms with Crippen molar-refractivity contribution in [1.82, 2.24) is 9.80 Å². The standard InChI is InChI=1S/C20H23ClFN5O2/c1-19(2)16(28)26(4)17(23)25-20(19,3)13-11-12(8-9-14(13)22)24-18(29)27-10-6-5-7-15(27)21/h5-9,11H,10H2,1-4H3,(H2,23,25)(H,24,29)/t20-/m1/s1. The van der Waals surface area contributed by atoms with E-state index >= 15 is 0 Å². The van der Waals surface area contributed by atoms with Crippen LogP contribution in [0.4, 0.5) is 14.9 Å². The molecule has 1 atom stereocenters. The number of urea groups is 1. The first-order chi connectivity index (χ1) is 13.5. The molecule has 0 saturated heterocycles. The molecule has 0 radical (unpaired) electrons. The predicted octanol–water partition coefficient (Wildman–Crippen LogP) is 3.34. The molecule has 3 N–H and O–H groups in total. The van der Waals surface area contributed by atoms with E-state index in [1.807, 2.05) is 0 Å². The minimum atomic E-state index is -1.27. The Bertz CT molecular complexity index is 972. The summed E-state index contributed by atoms with van der Waals surface area (Å²) in [6, 6.07) is 3.69. The summed E-state index contributed by atoms with van der Waals surface area (Å²) in [6.07, 6.45) is 5.14. The number of allylic oxidation sites excluding steroid dienone is 2. The summed E-state index contributed by atoms with van der Waals surface area (Å²) in [7, 11) is 1.53. The Labute approximate surface area is 173 Å². The normalized spacial score (nSPS) is 23.6. The molecule has 7 nitrogen and oxygen atoms in total. The van der Waals surface area contributed by atoms with Crippen molar-refractivity contribution in [3.63, 3.8) is 0 Å². The van der Waals surface area contributed by atoms with Crippen molar-refractivity contribution in [2.45, 2.75) is 26.3 Å². The van der Waals surface area contributed by atoms with Crippen molar-refractivity contribution < 1.29 is 14.0 Å². The van der Waals surface area contributed by atoms with E-state index in [9.17, 15) is 14.0 Å². The molecule has 0 fully saturated rings. The summed E-state index contributed by atoms with van der Waals surface area (Å²) in [4.78, 5) is 32.4. The molecule has 2 heterocycles. The molecule has 154 valence electrons. The number of rotatable bonds is 2. The van der Waals surface area contributed by atoms with Gasteiger partial charge in [0, 0.05) is 24.8 Å². The molecule has 0 spiro atoms. The number of benzene rings is 1. The lowest BCUT2D eigenvalue weighted by Crippen LogP contribution is -2.58. The van der Waals surface area contributed by atoms with E-state index in [1.54, 1.807) is 39.0 Å². The van der Waals surface area contributed by atoms with Crippen LogP contribution in [0.2, 0.25) is 0 Å². The van der Waals surface area contributed by atoms with Crippen LogP contribution in [0.1, 0.15) is 26.3 Å². The Morgan fingerprint density at radius 1 is 1.34 bits per heavy atom. The van der Waals surface area contributed by atoms with Crippen molar-refractivity contribution in [2.24, 2.45) is 16.1 Å². The van der Waals surface area contributed by atoms with Gasteiger partial charge in [0.1, 0.15) is 16.5 Å². The van der Waals surface area contributed by atoms with Gasteiger partial charge in [0.15, 0.2) is 5.96 Å². The summed E-state index contributed by atoms with van der Waals surface area (Å²) in [5, 5.41) is 2.99. The number of carbonyl (C=O) groups excluding carboxylic acids is 2. The number of aliphatic imine (C=N–C) groups is 1. The molecular formula is C20H23ClFN5O2. The van der Waals surface area contributed by atoms with Crippen LogP contribution in [-0.2, 0) is 10.3 Å². The number of hydrogen-bond acceptors (Lipinski definition) is 4. The number of halogens is 2. The molecule has 3 rings (SSSR count). The average molecular weight is 420 g/mol. The molecule has 9 heteroatoms. The molecule has 0 aromatic heterocycles. The number of nitrogens with two attached hydrogens (primary N) is 1. The van der Waals surface area contributed by atoms with Gasteiger partial charge in [-0.3, -0.25) is 14.6 Å². The van der Waals surface area contributed by atoms with Crippen LogP contribution in [0, 0.1) is 11.2 Å². The van der Waals surface area contributed by atoms with E-state index in [1.165, 1.54) is 35.0 Å². The zero-order valence-electron chi connectivity index (χ0n) is 16.7. The lowest BCUT2D eigenvalue weighted by atomic mass is 9.67. The van der Waals surface area contributed by atoms with E-state index in [0.717, 1.165) is 0 Å². The Morgan fingerprint density at radius 2 is 2.03 bits per heavy atom. The highest BCUT2D eigenvalue weighted by molar-refractivity contribution is 6.30. The second kappa shape index (κ2) is 7.18. The number of nitrogens with one attached hydrogen (secondary N) is 1. The molecular weight excluding hydrogens is 397 g/mol. The van der Waals surface area contributed by atoms with Crippen LogP contribution >= 0.6 is 11.6 Å². The lowest BCUT2D eigenvalue weighted by molar-refractivity contribution is -0.140. The molecule has 0 unspecified atom stereocenters. The Balaban J connectivity index is 1.99. The summed E-state index contributed by atoms with van der Waals surface area (Å²) >= 11 is 6.07. The Kier molecular flexibility index (Phi) is 5.17. The number of amides is 3. The number of guanidine groups is 1. The van der Waals surface area contributed by atoms with E-state index in [-0.39, 0.29) is 22.6 Å². The SMILES string of the molecule is CN1C(=O)C(C)(C)[C@@](C)(c2cc(NC(=O)N3CC=CC=C3Cl)ccc2F)N=C1N. The third-order valence-corrected chi connectivity index (χ3v) is 5.97. The summed E-state index contributed by atoms with van der Waals surface area (Å²) in [6.45, 7) is 5.36. The monoisotopic (exact) mass is 419 g/mol. The van der Waals surface area contributed by atoms with Crippen molar-refractivity contribution >= 4 is 35.2 Å². The maximum Gasteiger partial charge on any atom is 0.327 e. The fourth-order valence-corrected chi connectivity index (χ4v) is 3.63. The minimum absolute atomic E-state index is 0.00249. The van der Waals surface area contributed by atoms with Crippen molar-refractivity contribution in [1.29, 1.82) is 0 Å². The van der Waals surface area contributed by atoms with E-state index in [0.29, 0.717) is 12.2 Å². The third kappa shape index (κ3) is 3.37. The molecule has 3 amide bonds. The third-order valence-electron chi connectivity index (χ3n) is 5.64. The molecule has 0 saturated carbocycles. The fraction of sp³-hybridized carbons (Fsp3) is 0.350. The predicted molar refractivity (Wildman–Crippen MR) is 111 cm³/mol. The van der Waals surface area contributed by atoms with Gasteiger partial charge in [-0.25, -0.2) is 14.2 Å². The van der Waals surface area contributed by atoms with Gasteiger partial charge in [-0.2, -0.15) is 0 Å². The zero-order valence-corrected chi connectivity index (χ0v) is 17.4. The van der Waals surface area contributed by atoms with Crippen LogP contribution in [0.25, 0.3) is 0 Å². The van der Waals surface area contributed by atoms with Gasteiger partial charge in [-0.1, -0.05) is 23.8 Å². The number of anilines is 1. The van der Waals surface area contributed by atoms with Crippen LogP contribution in [-0.4, -0.2) is 41.3 Å². The van der Waals surface area contributed by atoms with Crippen LogP contribution in [0.15, 0.2) is 46.6 Å². The topological polar surface area (TPSA) is 91.0 Å². The van der Waals surface area contributed by atoms with E-state index in [2.05, 4.69) is 10.3 Å². The second-order valence-corrected chi connectivity index (χ2v) is 8.07. The smallest absolute Gasteiger partial charge is 0.327 e. The maximum absolute atomic E-state index is 14.9. The highest BCUT2D eigenvalue weighted by atomic mass is 35.5. The van der Waals surface area contributed by atoms with Gasteiger partial charge in [-0.05, 0) is 45.0 Å². The largest absolute Gasteiger partial charge is 0.369 e. The zero-order chi connectivity index (χ0) is 21.6. The van der Waals surface area contributed by atoms with Crippen molar-refractivity contribution in [3.05, 3.63) is 53.0 Å². The van der Waals surface area contributed by atoms with Gasteiger partial charge < -0.3 is 11.1 Å². The summed E-state index contributed by atoms with van der Waals surface area (Å²) in [5.74, 6) is -0.827. The maximum atomic E-state index is 14.9. The quantitative estimate of drug-likeness (QED) is 0.720. The van der Waals surface area contributed by atoms with E-state index < -0.39 is 22.8 Å². The molecule has 1 aromatic rings. The van der Waals surface area contributed by atoms with Crippen molar-refractivity contribution in [3.8, 4) is 0 Å².